The molecule has 0 fully saturated rings. The van der Waals surface area contributed by atoms with E-state index in [2.05, 4.69) is 15.1 Å². The average Bonchev–Trinajstić information content (AvgIpc) is 3.21. The molecule has 0 aliphatic carbocycles. The number of nitrogens with zero attached hydrogens (tertiary/aromatic N) is 5. The molecule has 2 aromatic heterocycles. The van der Waals surface area contributed by atoms with Gasteiger partial charge in [-0.05, 0) is 18.9 Å². The number of hydrogen-bond donors (Lipinski definition) is 0. The van der Waals surface area contributed by atoms with Crippen molar-refractivity contribution in [3.63, 3.8) is 0 Å². The van der Waals surface area contributed by atoms with Crippen LogP contribution in [0.25, 0.3) is 0 Å². The summed E-state index contributed by atoms with van der Waals surface area (Å²) in [7, 11) is 1.85. The molecule has 0 saturated carbocycles. The van der Waals surface area contributed by atoms with Crippen molar-refractivity contribution in [2.45, 2.75) is 25.8 Å². The Morgan fingerprint density at radius 2 is 2.16 bits per heavy atom. The van der Waals surface area contributed by atoms with Crippen LogP contribution in [0.3, 0.4) is 0 Å². The molecule has 0 saturated heterocycles. The lowest BCUT2D eigenvalue weighted by molar-refractivity contribution is 0.0967. The predicted octanol–water partition coefficient (Wildman–Crippen LogP) is 4.34. The van der Waals surface area contributed by atoms with Crippen LogP contribution in [0.4, 0.5) is 10.2 Å². The van der Waals surface area contributed by atoms with E-state index < -0.39 is 0 Å². The Hall–Kier alpha value is -2.91. The number of anilines is 1. The second kappa shape index (κ2) is 9.70. The van der Waals surface area contributed by atoms with Crippen LogP contribution < -0.4 is 9.64 Å². The molecule has 0 radical (unpaired) electrons. The molecule has 0 unspecified atom stereocenters. The van der Waals surface area contributed by atoms with Crippen molar-refractivity contribution in [3.05, 3.63) is 65.1 Å². The highest BCUT2D eigenvalue weighted by Crippen LogP contribution is 2.33. The van der Waals surface area contributed by atoms with Crippen molar-refractivity contribution in [1.82, 2.24) is 19.7 Å². The van der Waals surface area contributed by atoms with Crippen molar-refractivity contribution in [2.75, 3.05) is 18.6 Å². The first-order valence-electron chi connectivity index (χ1n) is 10.1. The molecule has 10 heteroatoms. The summed E-state index contributed by atoms with van der Waals surface area (Å²) in [5.41, 5.74) is 0.485. The molecule has 32 heavy (non-hydrogen) atoms. The molecule has 0 N–H and O–H groups in total. The summed E-state index contributed by atoms with van der Waals surface area (Å²) < 4.78 is 21.2. The van der Waals surface area contributed by atoms with Crippen molar-refractivity contribution in [3.8, 4) is 5.75 Å². The Morgan fingerprint density at radius 1 is 1.34 bits per heavy atom. The van der Waals surface area contributed by atoms with Crippen LogP contribution in [0.15, 0.2) is 42.9 Å². The Labute approximate surface area is 195 Å². The molecule has 4 rings (SSSR count). The molecule has 0 amide bonds. The Morgan fingerprint density at radius 3 is 2.97 bits per heavy atom. The molecule has 1 aliphatic heterocycles. The number of thiocarbonyl (C=S) groups is 1. The number of rotatable bonds is 7. The number of aromatic nitrogens is 4. The van der Waals surface area contributed by atoms with E-state index in [1.54, 1.807) is 30.5 Å². The van der Waals surface area contributed by atoms with E-state index in [1.165, 1.54) is 17.1 Å². The van der Waals surface area contributed by atoms with Gasteiger partial charge in [-0.25, -0.2) is 19.0 Å². The summed E-state index contributed by atoms with van der Waals surface area (Å²) in [4.78, 5) is 23.5. The monoisotopic (exact) mass is 473 g/mol. The zero-order chi connectivity index (χ0) is 22.7. The number of carbonyl (C=O) groups is 1. The number of fused-ring (bicyclic) bond motifs is 1. The Kier molecular flexibility index (Phi) is 6.76. The Bertz CT molecular complexity index is 1150. The fourth-order valence-corrected chi connectivity index (χ4v) is 3.96. The summed E-state index contributed by atoms with van der Waals surface area (Å²) >= 11 is 11.6. The van der Waals surface area contributed by atoms with Crippen LogP contribution in [-0.4, -0.2) is 44.2 Å². The van der Waals surface area contributed by atoms with Crippen molar-refractivity contribution in [2.24, 2.45) is 5.92 Å². The fraction of sp³-hybridized carbons (Fsp3) is 0.318. The molecule has 0 spiro atoms. The first kappa shape index (κ1) is 22.3. The molecule has 1 aromatic carbocycles. The van der Waals surface area contributed by atoms with Gasteiger partial charge < -0.3 is 9.64 Å². The summed E-state index contributed by atoms with van der Waals surface area (Å²) in [5, 5.41) is 4.69. The molecule has 7 nitrogen and oxygen atoms in total. The van der Waals surface area contributed by atoms with E-state index in [0.29, 0.717) is 46.6 Å². The topological polar surface area (TPSA) is 73.1 Å². The highest BCUT2D eigenvalue weighted by atomic mass is 35.5. The van der Waals surface area contributed by atoms with Crippen molar-refractivity contribution in [1.29, 1.82) is 0 Å². The minimum absolute atomic E-state index is 0.0395. The number of ether oxygens (including phenoxy) is 1. The number of hydrogen-bond acceptors (Lipinski definition) is 6. The van der Waals surface area contributed by atoms with Gasteiger partial charge in [-0.1, -0.05) is 42.0 Å². The minimum Gasteiger partial charge on any atom is -0.489 e. The standard InChI is InChI=1S/C22H21ClFN5O2S/c1-28-21-19(9-16(23)10-25-21)31-12-15(22(28)32)6-4-8-18(30)20-26-13-29(27-20)11-14-5-2-3-7-17(14)24/h2-3,5,7,9-10,13,15H,4,6,8,11-12H2,1H3/t15-/m0/s1. The molecule has 166 valence electrons. The first-order chi connectivity index (χ1) is 15.4. The second-order valence-electron chi connectivity index (χ2n) is 7.55. The third kappa shape index (κ3) is 4.94. The van der Waals surface area contributed by atoms with Crippen LogP contribution in [0.2, 0.25) is 5.02 Å². The van der Waals surface area contributed by atoms with Gasteiger partial charge in [-0.3, -0.25) is 4.79 Å². The number of benzene rings is 1. The van der Waals surface area contributed by atoms with Crippen LogP contribution >= 0.6 is 23.8 Å². The van der Waals surface area contributed by atoms with E-state index in [4.69, 9.17) is 28.6 Å². The van der Waals surface area contributed by atoms with E-state index >= 15 is 0 Å². The molecule has 1 aliphatic rings. The van der Waals surface area contributed by atoms with Gasteiger partial charge in [-0.15, -0.1) is 5.10 Å². The van der Waals surface area contributed by atoms with E-state index in [1.807, 2.05) is 11.9 Å². The van der Waals surface area contributed by atoms with E-state index in [0.717, 1.165) is 0 Å². The van der Waals surface area contributed by atoms with Gasteiger partial charge in [-0.2, -0.15) is 0 Å². The highest BCUT2D eigenvalue weighted by molar-refractivity contribution is 7.80. The van der Waals surface area contributed by atoms with Crippen molar-refractivity contribution >= 4 is 40.4 Å². The van der Waals surface area contributed by atoms with Gasteiger partial charge in [0, 0.05) is 37.2 Å². The van der Waals surface area contributed by atoms with Crippen LogP contribution in [-0.2, 0) is 6.54 Å². The third-order valence-electron chi connectivity index (χ3n) is 5.27. The molecule has 3 aromatic rings. The van der Waals surface area contributed by atoms with Crippen molar-refractivity contribution < 1.29 is 13.9 Å². The summed E-state index contributed by atoms with van der Waals surface area (Å²) in [6.07, 6.45) is 4.56. The molecule has 1 atom stereocenters. The zero-order valence-corrected chi connectivity index (χ0v) is 18.9. The van der Waals surface area contributed by atoms with E-state index in [-0.39, 0.29) is 36.3 Å². The molecule has 3 heterocycles. The lowest BCUT2D eigenvalue weighted by atomic mass is 10.0. The zero-order valence-electron chi connectivity index (χ0n) is 17.4. The number of ketones is 1. The first-order valence-corrected chi connectivity index (χ1v) is 10.9. The number of Topliss-reactive ketones (excluding diaryl/α,β-unsaturated/α-hetero) is 1. The van der Waals surface area contributed by atoms with Gasteiger partial charge in [0.2, 0.25) is 11.6 Å². The van der Waals surface area contributed by atoms with Gasteiger partial charge in [0.25, 0.3) is 0 Å². The highest BCUT2D eigenvalue weighted by Gasteiger charge is 2.27. The predicted molar refractivity (Wildman–Crippen MR) is 123 cm³/mol. The summed E-state index contributed by atoms with van der Waals surface area (Å²) in [6, 6.07) is 8.17. The van der Waals surface area contributed by atoms with Gasteiger partial charge in [0.15, 0.2) is 11.6 Å². The van der Waals surface area contributed by atoms with E-state index in [9.17, 15) is 9.18 Å². The fourth-order valence-electron chi connectivity index (χ4n) is 3.54. The average molecular weight is 474 g/mol. The smallest absolute Gasteiger partial charge is 0.217 e. The molecule has 0 bridgehead atoms. The maximum atomic E-state index is 13.8. The SMILES string of the molecule is CN1C(=S)[C@@H](CCCC(=O)c2ncn(Cc3ccccc3F)n2)COc2cc(Cl)cnc21. The lowest BCUT2D eigenvalue weighted by Crippen LogP contribution is -2.32. The number of carbonyl (C=O) groups excluding carboxylic acids is 1. The maximum absolute atomic E-state index is 13.8. The quantitative estimate of drug-likeness (QED) is 0.373. The van der Waals surface area contributed by atoms with Gasteiger partial charge >= 0.3 is 0 Å². The Balaban J connectivity index is 1.32. The number of halogens is 2. The van der Waals surface area contributed by atoms with Gasteiger partial charge in [0.05, 0.1) is 23.2 Å². The van der Waals surface area contributed by atoms with Crippen LogP contribution in [0.5, 0.6) is 5.75 Å². The second-order valence-corrected chi connectivity index (χ2v) is 8.41. The minimum atomic E-state index is -0.318. The van der Waals surface area contributed by atoms with Crippen LogP contribution in [0.1, 0.15) is 35.4 Å². The lowest BCUT2D eigenvalue weighted by Gasteiger charge is -2.21. The maximum Gasteiger partial charge on any atom is 0.217 e. The largest absolute Gasteiger partial charge is 0.489 e. The molecular weight excluding hydrogens is 453 g/mol. The normalized spacial score (nSPS) is 15.8. The van der Waals surface area contributed by atoms with Gasteiger partial charge in [0.1, 0.15) is 12.1 Å². The van der Waals surface area contributed by atoms with Crippen LogP contribution in [0, 0.1) is 11.7 Å². The summed E-state index contributed by atoms with van der Waals surface area (Å²) in [6.45, 7) is 0.605. The summed E-state index contributed by atoms with van der Waals surface area (Å²) in [5.74, 6) is 0.824. The molecular formula is C22H21ClFN5O2S. The number of pyridine rings is 1. The third-order valence-corrected chi connectivity index (χ3v) is 6.08.